The van der Waals surface area contributed by atoms with Crippen LogP contribution >= 0.6 is 50.1 Å². The van der Waals surface area contributed by atoms with Gasteiger partial charge in [-0.1, -0.05) is 45.4 Å². The molecule has 0 aromatic rings. The van der Waals surface area contributed by atoms with Crippen LogP contribution < -0.4 is 0 Å². The smallest absolute Gasteiger partial charge is 0.0451 e. The van der Waals surface area contributed by atoms with Crippen LogP contribution in [0.1, 0.15) is 19.8 Å². The minimum Gasteiger partial charge on any atom is -0.122 e. The summed E-state index contributed by atoms with van der Waals surface area (Å²) >= 11 is 11.8. The van der Waals surface area contributed by atoms with E-state index in [1.807, 2.05) is 0 Å². The molecule has 0 radical (unpaired) electrons. The Balaban J connectivity index is 3.32. The fraction of sp³-hybridized carbons (Fsp3) is 1.00. The lowest BCUT2D eigenvalue weighted by atomic mass is 10.2. The van der Waals surface area contributed by atoms with Gasteiger partial charge in [-0.2, -0.15) is 0 Å². The molecule has 0 heterocycles. The predicted octanol–water partition coefficient (Wildman–Crippen LogP) is 3.59. The Labute approximate surface area is 84.0 Å². The third-order valence-electron chi connectivity index (χ3n) is 1.17. The third-order valence-corrected chi connectivity index (χ3v) is 4.15. The van der Waals surface area contributed by atoms with Gasteiger partial charge >= 0.3 is 0 Å². The second-order valence-electron chi connectivity index (χ2n) is 1.92. The van der Waals surface area contributed by atoms with E-state index in [1.165, 1.54) is 6.42 Å². The zero-order chi connectivity index (χ0) is 7.28. The second kappa shape index (κ2) is 6.23. The minimum atomic E-state index is 0.350. The van der Waals surface area contributed by atoms with Gasteiger partial charge < -0.3 is 0 Å². The van der Waals surface area contributed by atoms with Gasteiger partial charge in [-0.05, 0) is 12.8 Å². The van der Waals surface area contributed by atoms with Crippen LogP contribution in [0.2, 0.25) is 0 Å². The number of rotatable bonds is 4. The van der Waals surface area contributed by atoms with Crippen LogP contribution in [0.3, 0.4) is 0 Å². The van der Waals surface area contributed by atoms with Crippen molar-refractivity contribution < 1.29 is 0 Å². The maximum absolute atomic E-state index is 5.97. The van der Waals surface area contributed by atoms with Gasteiger partial charge in [-0.3, -0.25) is 0 Å². The molecule has 2 atom stereocenters. The summed E-state index contributed by atoms with van der Waals surface area (Å²) in [5, 5.41) is 1.41. The monoisotopic (exact) mass is 324 g/mol. The second-order valence-corrected chi connectivity index (χ2v) is 4.87. The number of halogens is 3. The molecule has 0 aliphatic heterocycles. The molecule has 0 saturated heterocycles. The summed E-state index contributed by atoms with van der Waals surface area (Å²) in [6.07, 6.45) is 2.24. The highest BCUT2D eigenvalue weighted by atomic mass is 127. The van der Waals surface area contributed by atoms with E-state index in [0.29, 0.717) is 9.30 Å². The topological polar surface area (TPSA) is 0 Å². The molecule has 0 saturated carbocycles. The van der Waals surface area contributed by atoms with E-state index in [4.69, 9.17) is 11.6 Å². The molecule has 0 rings (SSSR count). The molecular formula is C6H11BrClI. The van der Waals surface area contributed by atoms with Gasteiger partial charge in [0, 0.05) is 14.6 Å². The first kappa shape index (κ1) is 10.5. The first-order chi connectivity index (χ1) is 4.22. The van der Waals surface area contributed by atoms with Gasteiger partial charge in [-0.25, -0.2) is 0 Å². The average Bonchev–Trinajstić information content (AvgIpc) is 1.87. The van der Waals surface area contributed by atoms with E-state index in [0.717, 1.165) is 11.8 Å². The highest BCUT2D eigenvalue weighted by molar-refractivity contribution is 14.1. The molecule has 3 heteroatoms. The van der Waals surface area contributed by atoms with Gasteiger partial charge in [0.15, 0.2) is 0 Å². The van der Waals surface area contributed by atoms with Gasteiger partial charge in [0.05, 0.1) is 0 Å². The summed E-state index contributed by atoms with van der Waals surface area (Å²) in [6.45, 7) is 2.12. The zero-order valence-electron chi connectivity index (χ0n) is 5.41. The van der Waals surface area contributed by atoms with E-state index in [-0.39, 0.29) is 0 Å². The maximum atomic E-state index is 5.97. The summed E-state index contributed by atoms with van der Waals surface area (Å²) in [6, 6.07) is 0. The van der Waals surface area contributed by atoms with E-state index in [9.17, 15) is 0 Å². The molecule has 0 amide bonds. The van der Waals surface area contributed by atoms with Crippen molar-refractivity contribution in [2.75, 3.05) is 5.33 Å². The molecular weight excluding hydrogens is 314 g/mol. The number of alkyl halides is 3. The van der Waals surface area contributed by atoms with Gasteiger partial charge in [0.2, 0.25) is 0 Å². The van der Waals surface area contributed by atoms with Crippen LogP contribution in [0.4, 0.5) is 0 Å². The Hall–Kier alpha value is 1.50. The zero-order valence-corrected chi connectivity index (χ0v) is 9.91. The molecule has 56 valence electrons. The SMILES string of the molecule is CCC(Cl)C(I)CCBr. The Morgan fingerprint density at radius 2 is 2.22 bits per heavy atom. The van der Waals surface area contributed by atoms with Crippen molar-refractivity contribution in [2.45, 2.75) is 29.1 Å². The largest absolute Gasteiger partial charge is 0.122 e. The lowest BCUT2D eigenvalue weighted by molar-refractivity contribution is 0.756. The van der Waals surface area contributed by atoms with Crippen molar-refractivity contribution in [1.82, 2.24) is 0 Å². The molecule has 0 N–H and O–H groups in total. The standard InChI is InChI=1S/C6H11BrClI/c1-2-5(8)6(9)3-4-7/h5-6H,2-4H2,1H3. The summed E-state index contributed by atoms with van der Waals surface area (Å²) in [5.41, 5.74) is 0. The lowest BCUT2D eigenvalue weighted by Gasteiger charge is -2.11. The van der Waals surface area contributed by atoms with Crippen LogP contribution in [-0.4, -0.2) is 14.6 Å². The van der Waals surface area contributed by atoms with E-state index in [1.54, 1.807) is 0 Å². The van der Waals surface area contributed by atoms with E-state index >= 15 is 0 Å². The maximum Gasteiger partial charge on any atom is 0.0451 e. The molecule has 9 heavy (non-hydrogen) atoms. The van der Waals surface area contributed by atoms with Crippen LogP contribution in [0.15, 0.2) is 0 Å². The Morgan fingerprint density at radius 3 is 2.56 bits per heavy atom. The molecule has 0 nitrogen and oxygen atoms in total. The molecule has 0 fully saturated rings. The Kier molecular flexibility index (Phi) is 7.26. The summed E-state index contributed by atoms with van der Waals surface area (Å²) in [7, 11) is 0. The Bertz CT molecular complexity index is 70.1. The fourth-order valence-electron chi connectivity index (χ4n) is 0.541. The number of hydrogen-bond donors (Lipinski definition) is 0. The summed E-state index contributed by atoms with van der Waals surface area (Å²) in [5.74, 6) is 0. The predicted molar refractivity (Wildman–Crippen MR) is 56.2 cm³/mol. The average molecular weight is 325 g/mol. The molecule has 0 spiro atoms. The van der Waals surface area contributed by atoms with Crippen LogP contribution in [0.5, 0.6) is 0 Å². The van der Waals surface area contributed by atoms with Crippen molar-refractivity contribution >= 4 is 50.1 Å². The van der Waals surface area contributed by atoms with Crippen molar-refractivity contribution in [2.24, 2.45) is 0 Å². The molecule has 0 aliphatic rings. The van der Waals surface area contributed by atoms with Gasteiger partial charge in [0.1, 0.15) is 0 Å². The molecule has 0 aliphatic carbocycles. The summed E-state index contributed by atoms with van der Waals surface area (Å²) < 4.78 is 0.619. The quantitative estimate of drug-likeness (QED) is 0.547. The minimum absolute atomic E-state index is 0.350. The highest BCUT2D eigenvalue weighted by Gasteiger charge is 2.11. The molecule has 2 unspecified atom stereocenters. The normalized spacial score (nSPS) is 17.3. The lowest BCUT2D eigenvalue weighted by Crippen LogP contribution is -2.13. The molecule has 0 aromatic carbocycles. The number of hydrogen-bond acceptors (Lipinski definition) is 0. The first-order valence-electron chi connectivity index (χ1n) is 3.06. The molecule has 0 bridgehead atoms. The fourth-order valence-corrected chi connectivity index (χ4v) is 2.84. The van der Waals surface area contributed by atoms with Crippen LogP contribution in [-0.2, 0) is 0 Å². The van der Waals surface area contributed by atoms with E-state index < -0.39 is 0 Å². The summed E-state index contributed by atoms with van der Waals surface area (Å²) in [4.78, 5) is 0. The van der Waals surface area contributed by atoms with Crippen molar-refractivity contribution in [3.05, 3.63) is 0 Å². The third kappa shape index (κ3) is 4.85. The molecule has 0 aromatic heterocycles. The van der Waals surface area contributed by atoms with Crippen molar-refractivity contribution in [3.63, 3.8) is 0 Å². The van der Waals surface area contributed by atoms with Crippen LogP contribution in [0, 0.1) is 0 Å². The van der Waals surface area contributed by atoms with Gasteiger partial charge in [-0.15, -0.1) is 11.6 Å². The first-order valence-corrected chi connectivity index (χ1v) is 5.86. The van der Waals surface area contributed by atoms with E-state index in [2.05, 4.69) is 45.4 Å². The Morgan fingerprint density at radius 1 is 1.67 bits per heavy atom. The van der Waals surface area contributed by atoms with Crippen LogP contribution in [0.25, 0.3) is 0 Å². The van der Waals surface area contributed by atoms with Crippen molar-refractivity contribution in [1.29, 1.82) is 0 Å². The highest BCUT2D eigenvalue weighted by Crippen LogP contribution is 2.19. The van der Waals surface area contributed by atoms with Gasteiger partial charge in [0.25, 0.3) is 0 Å². The van der Waals surface area contributed by atoms with Crippen molar-refractivity contribution in [3.8, 4) is 0 Å².